The number of nitrogen functional groups attached to an aromatic ring is 2. The normalized spacial score (nSPS) is 17.8. The van der Waals surface area contributed by atoms with Gasteiger partial charge in [-0.3, -0.25) is 14.4 Å². The first-order valence-electron chi connectivity index (χ1n) is 40.4. The minimum Gasteiger partial charge on any atom is -1.00 e. The van der Waals surface area contributed by atoms with Gasteiger partial charge in [-0.2, -0.15) is 10.2 Å². The second-order valence-corrected chi connectivity index (χ2v) is 34.5. The van der Waals surface area contributed by atoms with E-state index in [-0.39, 0.29) is 230 Å². The molecule has 0 bridgehead atoms. The molecule has 0 radical (unpaired) electrons. The molecule has 4 aromatic carbocycles. The first kappa shape index (κ1) is 111. The van der Waals surface area contributed by atoms with Gasteiger partial charge in [0.25, 0.3) is 6.47 Å². The van der Waals surface area contributed by atoms with E-state index >= 15 is 0 Å². The van der Waals surface area contributed by atoms with E-state index in [0.29, 0.717) is 94.2 Å². The quantitative estimate of drug-likeness (QED) is 0.00970. The molecule has 0 unspecified atom stereocenters. The Hall–Kier alpha value is -4.34. The van der Waals surface area contributed by atoms with Gasteiger partial charge in [0.05, 0.1) is 82.9 Å². The van der Waals surface area contributed by atoms with Gasteiger partial charge in [0.15, 0.2) is 11.3 Å². The molecule has 0 aliphatic carbocycles. The molecular weight excluding hydrogens is 2030 g/mol. The molecule has 0 saturated carbocycles. The standard InChI is InChI=1S/C24H31N7O3.2C15H23BO4.C15H20IN7O.C12H17BO3.C3H7BrO.CH2O3.2Cs.H/c1-29(2)11-4-5-20(32)30-12-10-18(15-30)31-24-21(23(25)26-16-27-24)22(28-31)17-6-8-19(9-7-17)34-14-13-33-3;2*1-14(2)15(3,4)20-16(19-14)12-6-8-13(9-7-12)18-11-10-17-5;1-21(2)6-3-4-11(24)22-7-5-10(8-22)23-15-12(13(16)20-23)14(17)18-9-19-15;1-11(2)12(3,4)16-13(15-11)9-5-7-10(14)8-6-9;1-5-3-2-4;2-1-4-3;;;/h4-9,16,18H,10-15H2,1-3H3,(H2,25,26,27);2*6-9H,10-11H2,1-5H3;3-4,9-10H,5-8H2,1-2H3,(H2,17,18,19);5-8,14H,1-4H3;2-3H2,1H3;1,3H;;;/q;;;;;;;2*+1;-1/p-1/b5-4+;;;4-3+;;;;;;/t18-;;;10-;;;;;;/m1..1....../s1. The molecule has 5 fully saturated rings. The summed E-state index contributed by atoms with van der Waals surface area (Å²) in [6.45, 7) is 32.4. The third-order valence-corrected chi connectivity index (χ3v) is 22.5. The number of phenols is 1. The van der Waals surface area contributed by atoms with Crippen LogP contribution in [0.3, 0.4) is 0 Å². The van der Waals surface area contributed by atoms with Gasteiger partial charge in [0.1, 0.15) is 76.5 Å². The van der Waals surface area contributed by atoms with Crippen LogP contribution in [0, 0.1) is 3.70 Å². The van der Waals surface area contributed by atoms with Crippen LogP contribution in [0.5, 0.6) is 23.0 Å². The molecule has 4 aromatic heterocycles. The van der Waals surface area contributed by atoms with Crippen molar-refractivity contribution >= 4 is 128 Å². The zero-order valence-electron chi connectivity index (χ0n) is 77.6. The van der Waals surface area contributed by atoms with Crippen LogP contribution in [0.4, 0.5) is 11.6 Å². The van der Waals surface area contributed by atoms with Gasteiger partial charge in [-0.25, -0.2) is 29.3 Å². The van der Waals surface area contributed by atoms with Crippen LogP contribution in [0.2, 0.25) is 0 Å². The van der Waals surface area contributed by atoms with Gasteiger partial charge in [-0.05, 0) is 224 Å². The fourth-order valence-electron chi connectivity index (χ4n) is 12.4. The summed E-state index contributed by atoms with van der Waals surface area (Å²) in [6, 6.07) is 30.3. The summed E-state index contributed by atoms with van der Waals surface area (Å²) in [5.74, 6) is 3.52. The van der Waals surface area contributed by atoms with Crippen molar-refractivity contribution in [2.24, 2.45) is 0 Å². The van der Waals surface area contributed by atoms with Crippen LogP contribution in [0.25, 0.3) is 33.3 Å². The number of fused-ring (bicyclic) bond motifs is 2. The number of rotatable bonds is 27. The molecule has 5 aliphatic rings. The molecule has 33 nitrogen and oxygen atoms in total. The molecule has 9 heterocycles. The predicted molar refractivity (Wildman–Crippen MR) is 488 cm³/mol. The van der Waals surface area contributed by atoms with Crippen molar-refractivity contribution in [1.82, 2.24) is 59.1 Å². The van der Waals surface area contributed by atoms with Crippen molar-refractivity contribution in [3.63, 3.8) is 0 Å². The summed E-state index contributed by atoms with van der Waals surface area (Å²) in [5.41, 5.74) is 16.2. The number of carbonyl (C=O) groups is 3. The van der Waals surface area contributed by atoms with Crippen LogP contribution < -0.4 is 185 Å². The van der Waals surface area contributed by atoms with Gasteiger partial charge in [0.2, 0.25) is 11.8 Å². The van der Waals surface area contributed by atoms with Crippen molar-refractivity contribution in [2.45, 2.75) is 142 Å². The monoisotopic (exact) mass is 2150 g/mol. The summed E-state index contributed by atoms with van der Waals surface area (Å²) in [4.78, 5) is 60.9. The summed E-state index contributed by atoms with van der Waals surface area (Å²) in [6.07, 6.45) is 11.6. The summed E-state index contributed by atoms with van der Waals surface area (Å²) in [5, 5.41) is 29.6. The molecule has 2 atom stereocenters. The molecule has 8 aromatic rings. The number of aromatic hydroxyl groups is 1. The fourth-order valence-corrected chi connectivity index (χ4v) is 13.5. The second kappa shape index (κ2) is 53.4. The fraction of sp³-hybridized carbons (Fsp3) is 0.518. The minimum atomic E-state index is -0.356. The van der Waals surface area contributed by atoms with Crippen molar-refractivity contribution < 1.29 is 230 Å². The number of anilines is 2. The Morgan fingerprint density at radius 1 is 0.528 bits per heavy atom. The Morgan fingerprint density at radius 3 is 1.17 bits per heavy atom. The molecule has 2 amide bonds. The summed E-state index contributed by atoms with van der Waals surface area (Å²) in [7, 11) is 13.5. The van der Waals surface area contributed by atoms with E-state index in [1.54, 1.807) is 52.7 Å². The number of nitrogens with two attached hydrogens (primary N) is 2. The molecule has 125 heavy (non-hydrogen) atoms. The van der Waals surface area contributed by atoms with E-state index in [0.717, 1.165) is 91.8 Å². The van der Waals surface area contributed by atoms with Crippen LogP contribution in [0.15, 0.2) is 134 Å². The van der Waals surface area contributed by atoms with Crippen molar-refractivity contribution in [3.8, 4) is 34.3 Å². The number of likely N-dealkylation sites (N-methyl/N-ethyl adjacent to an activating group) is 2. The molecule has 5 aliphatic heterocycles. The molecule has 672 valence electrons. The van der Waals surface area contributed by atoms with Crippen LogP contribution in [-0.4, -0.2) is 285 Å². The average Bonchev–Trinajstić information content (AvgIpc) is 1.61. The number of nitrogens with zero attached hydrogens (tertiary/aromatic N) is 12. The molecule has 13 rings (SSSR count). The van der Waals surface area contributed by atoms with Gasteiger partial charge in [0, 0.05) is 90.8 Å². The third-order valence-electron chi connectivity index (χ3n) is 21.4. The Morgan fingerprint density at radius 2 is 0.848 bits per heavy atom. The van der Waals surface area contributed by atoms with Crippen molar-refractivity contribution in [2.75, 3.05) is 159 Å². The minimum absolute atomic E-state index is 0. The Kier molecular flexibility index (Phi) is 47.5. The van der Waals surface area contributed by atoms with E-state index in [1.165, 1.54) is 12.7 Å². The van der Waals surface area contributed by atoms with E-state index in [2.05, 4.69) is 129 Å². The molecule has 0 spiro atoms. The Labute approximate surface area is 878 Å². The number of amides is 2. The SMILES string of the molecule is CC1(C)OB(c2ccc(O)cc2)OC1(C)C.CN(C)C/C=C/C(=O)N1CC[C@@H](n2nc(I)c3c(N)ncnc32)C1.COCCBr.COCCOc1ccc(-c2nn([C@@H]3CCN(C(=O)/C=C/CN(C)C)C3)c3ncnc(N)c23)cc1.COCCOc1ccc(B2OC(C)(C)C(C)(C)O2)cc1.COCCOc1ccc(B2OC(C)(C)C(C)(C)O2)cc1.O=CO[O-].[Cs+].[Cs+].[H-]. The van der Waals surface area contributed by atoms with Crippen LogP contribution in [0.1, 0.15) is 109 Å². The maximum absolute atomic E-state index is 12.6. The number of methoxy groups -OCH3 is 4. The van der Waals surface area contributed by atoms with Gasteiger partial charge in [-0.1, -0.05) is 64.5 Å². The van der Waals surface area contributed by atoms with Crippen LogP contribution in [-0.2, 0) is 66.1 Å². The van der Waals surface area contributed by atoms with E-state index in [1.807, 2.05) is 182 Å². The number of halogens is 2. The van der Waals surface area contributed by atoms with Gasteiger partial charge >= 0.3 is 159 Å². The maximum atomic E-state index is 12.6. The number of aromatic nitrogens is 8. The predicted octanol–water partition coefficient (Wildman–Crippen LogP) is 2.19. The number of carbonyl (C=O) groups excluding carboxylic acids is 3. The van der Waals surface area contributed by atoms with Crippen molar-refractivity contribution in [1.29, 1.82) is 0 Å². The van der Waals surface area contributed by atoms with E-state index < -0.39 is 0 Å². The number of benzene rings is 4. The molecule has 5 saturated heterocycles. The van der Waals surface area contributed by atoms with Gasteiger partial charge in [-0.15, -0.1) is 0 Å². The molecule has 40 heteroatoms. The van der Waals surface area contributed by atoms with E-state index in [4.69, 9.17) is 83.0 Å². The summed E-state index contributed by atoms with van der Waals surface area (Å²) < 4.78 is 76.7. The third kappa shape index (κ3) is 32.8. The Bertz CT molecular complexity index is 4540. The largest absolute Gasteiger partial charge is 1.00 e. The molecule has 5 N–H and O–H groups in total. The van der Waals surface area contributed by atoms with Crippen molar-refractivity contribution in [3.05, 3.63) is 138 Å². The second-order valence-electron chi connectivity index (χ2n) is 32.6. The first-order valence-corrected chi connectivity index (χ1v) is 42.6. The van der Waals surface area contributed by atoms with Crippen LogP contribution >= 0.6 is 38.5 Å². The number of ether oxygens (including phenoxy) is 7. The number of alkyl halides is 1. The zero-order chi connectivity index (χ0) is 90.5. The number of hydrogen-bond acceptors (Lipinski definition) is 29. The summed E-state index contributed by atoms with van der Waals surface area (Å²) >= 11 is 5.33. The molecular formula is C85H123B3BrCs2IN14O19. The number of likely N-dealkylation sites (tertiary alicyclic amines) is 2. The van der Waals surface area contributed by atoms with E-state index in [9.17, 15) is 14.7 Å². The van der Waals surface area contributed by atoms with Gasteiger partial charge < -0.3 is 109 Å². The maximum Gasteiger partial charge on any atom is 1.00 e. The number of hydrogen-bond donors (Lipinski definition) is 3. The average molecular weight is 2150 g/mol. The first-order chi connectivity index (χ1) is 58.3. The number of phenolic OH excluding ortho intramolecular Hbond substituents is 1. The Balaban J connectivity index is 0.000000326. The zero-order valence-corrected chi connectivity index (χ0v) is 92.9. The topological polar surface area (TPSA) is 376 Å². The smallest absolute Gasteiger partial charge is 1.00 e.